The van der Waals surface area contributed by atoms with Crippen LogP contribution in [-0.2, 0) is 4.79 Å². The summed E-state index contributed by atoms with van der Waals surface area (Å²) in [6.07, 6.45) is 0.925. The van der Waals surface area contributed by atoms with E-state index in [0.29, 0.717) is 23.9 Å². The van der Waals surface area contributed by atoms with E-state index in [-0.39, 0.29) is 11.8 Å². The summed E-state index contributed by atoms with van der Waals surface area (Å²) < 4.78 is 5.58. The van der Waals surface area contributed by atoms with E-state index in [2.05, 4.69) is 5.32 Å². The fraction of sp³-hybridized carbons (Fsp3) is 0.500. The van der Waals surface area contributed by atoms with Gasteiger partial charge in [0.05, 0.1) is 17.5 Å². The molecular formula is C14H19ClN2O2. The Hall–Kier alpha value is -1.26. The second kappa shape index (κ2) is 6.78. The molecule has 1 atom stereocenters. The van der Waals surface area contributed by atoms with Crippen LogP contribution in [0.1, 0.15) is 6.42 Å². The van der Waals surface area contributed by atoms with E-state index >= 15 is 0 Å². The largest absolute Gasteiger partial charge is 0.490 e. The molecule has 1 N–H and O–H groups in total. The number of carbonyl (C=O) groups is 1. The van der Waals surface area contributed by atoms with Gasteiger partial charge in [0.15, 0.2) is 0 Å². The Balaban J connectivity index is 1.76. The Kier molecular flexibility index (Phi) is 5.05. The Morgan fingerprint density at radius 3 is 3.00 bits per heavy atom. The molecule has 0 aromatic heterocycles. The zero-order chi connectivity index (χ0) is 13.7. The van der Waals surface area contributed by atoms with E-state index < -0.39 is 0 Å². The van der Waals surface area contributed by atoms with Crippen molar-refractivity contribution in [3.8, 4) is 5.75 Å². The zero-order valence-electron chi connectivity index (χ0n) is 11.1. The smallest absolute Gasteiger partial charge is 0.226 e. The number of rotatable bonds is 5. The first-order valence-electron chi connectivity index (χ1n) is 6.51. The number of hydrogen-bond acceptors (Lipinski definition) is 3. The highest BCUT2D eigenvalue weighted by Crippen LogP contribution is 2.22. The number of likely N-dealkylation sites (N-methyl/N-ethyl adjacent to an activating group) is 1. The molecule has 2 rings (SSSR count). The molecule has 1 amide bonds. The maximum absolute atomic E-state index is 12.1. The summed E-state index contributed by atoms with van der Waals surface area (Å²) in [6, 6.07) is 7.35. The number of amides is 1. The number of hydrogen-bond donors (Lipinski definition) is 1. The molecule has 1 saturated heterocycles. The Morgan fingerprint density at radius 1 is 1.53 bits per heavy atom. The van der Waals surface area contributed by atoms with Crippen molar-refractivity contribution in [1.29, 1.82) is 0 Å². The van der Waals surface area contributed by atoms with Crippen LogP contribution in [0.15, 0.2) is 24.3 Å². The molecular weight excluding hydrogens is 264 g/mol. The first-order valence-corrected chi connectivity index (χ1v) is 6.89. The second-order valence-corrected chi connectivity index (χ2v) is 5.14. The number of nitrogens with zero attached hydrogens (tertiary/aromatic N) is 1. The number of para-hydroxylation sites is 1. The predicted octanol–water partition coefficient (Wildman–Crippen LogP) is 1.79. The van der Waals surface area contributed by atoms with E-state index in [1.807, 2.05) is 25.2 Å². The lowest BCUT2D eigenvalue weighted by Crippen LogP contribution is -2.36. The van der Waals surface area contributed by atoms with Crippen LogP contribution in [-0.4, -0.2) is 44.1 Å². The summed E-state index contributed by atoms with van der Waals surface area (Å²) in [5.74, 6) is 0.964. The standard InChI is InChI=1S/C14H19ClN2O2/c1-17(14(18)11-6-7-16-10-11)8-9-19-13-5-3-2-4-12(13)15/h2-5,11,16H,6-10H2,1H3. The van der Waals surface area contributed by atoms with E-state index in [1.165, 1.54) is 0 Å². The van der Waals surface area contributed by atoms with Gasteiger partial charge in [-0.05, 0) is 25.1 Å². The van der Waals surface area contributed by atoms with Crippen LogP contribution in [0.25, 0.3) is 0 Å². The third kappa shape index (κ3) is 3.85. The molecule has 1 unspecified atom stereocenters. The Labute approximate surface area is 118 Å². The monoisotopic (exact) mass is 282 g/mol. The van der Waals surface area contributed by atoms with Gasteiger partial charge in [0.25, 0.3) is 0 Å². The lowest BCUT2D eigenvalue weighted by Gasteiger charge is -2.20. The topological polar surface area (TPSA) is 41.6 Å². The highest BCUT2D eigenvalue weighted by atomic mass is 35.5. The number of ether oxygens (including phenoxy) is 1. The number of nitrogens with one attached hydrogen (secondary N) is 1. The van der Waals surface area contributed by atoms with Crippen LogP contribution < -0.4 is 10.1 Å². The molecule has 1 fully saturated rings. The van der Waals surface area contributed by atoms with Crippen molar-refractivity contribution in [1.82, 2.24) is 10.2 Å². The summed E-state index contributed by atoms with van der Waals surface area (Å²) in [5.41, 5.74) is 0. The van der Waals surface area contributed by atoms with Crippen molar-refractivity contribution in [3.05, 3.63) is 29.3 Å². The fourth-order valence-corrected chi connectivity index (χ4v) is 2.33. The van der Waals surface area contributed by atoms with Crippen LogP contribution in [0.2, 0.25) is 5.02 Å². The van der Waals surface area contributed by atoms with Gasteiger partial charge in [0.1, 0.15) is 12.4 Å². The minimum atomic E-state index is 0.116. The zero-order valence-corrected chi connectivity index (χ0v) is 11.8. The Bertz CT molecular complexity index is 433. The molecule has 0 aliphatic carbocycles. The highest BCUT2D eigenvalue weighted by molar-refractivity contribution is 6.32. The third-order valence-corrected chi connectivity index (χ3v) is 3.62. The van der Waals surface area contributed by atoms with Crippen molar-refractivity contribution >= 4 is 17.5 Å². The van der Waals surface area contributed by atoms with Crippen molar-refractivity contribution in [3.63, 3.8) is 0 Å². The predicted molar refractivity (Wildman–Crippen MR) is 75.6 cm³/mol. The summed E-state index contributed by atoms with van der Waals surface area (Å²) in [7, 11) is 1.82. The van der Waals surface area contributed by atoms with Gasteiger partial charge in [-0.1, -0.05) is 23.7 Å². The number of carbonyl (C=O) groups excluding carboxylic acids is 1. The van der Waals surface area contributed by atoms with Gasteiger partial charge in [0, 0.05) is 13.6 Å². The number of halogens is 1. The molecule has 1 aromatic rings. The molecule has 1 aromatic carbocycles. The first kappa shape index (κ1) is 14.2. The van der Waals surface area contributed by atoms with Crippen LogP contribution >= 0.6 is 11.6 Å². The summed E-state index contributed by atoms with van der Waals surface area (Å²) >= 11 is 5.99. The maximum Gasteiger partial charge on any atom is 0.226 e. The molecule has 5 heteroatoms. The minimum Gasteiger partial charge on any atom is -0.490 e. The van der Waals surface area contributed by atoms with E-state index in [9.17, 15) is 4.79 Å². The molecule has 1 aliphatic rings. The molecule has 4 nitrogen and oxygen atoms in total. The van der Waals surface area contributed by atoms with E-state index in [0.717, 1.165) is 19.5 Å². The van der Waals surface area contributed by atoms with Crippen LogP contribution in [0.5, 0.6) is 5.75 Å². The molecule has 104 valence electrons. The normalized spacial score (nSPS) is 18.3. The summed E-state index contributed by atoms with van der Waals surface area (Å²) in [4.78, 5) is 13.8. The van der Waals surface area contributed by atoms with Crippen LogP contribution in [0, 0.1) is 5.92 Å². The van der Waals surface area contributed by atoms with Crippen LogP contribution in [0.3, 0.4) is 0 Å². The molecule has 1 heterocycles. The van der Waals surface area contributed by atoms with Crippen LogP contribution in [0.4, 0.5) is 0 Å². The molecule has 19 heavy (non-hydrogen) atoms. The number of benzene rings is 1. The average molecular weight is 283 g/mol. The molecule has 0 saturated carbocycles. The van der Waals surface area contributed by atoms with Crippen molar-refractivity contribution < 1.29 is 9.53 Å². The lowest BCUT2D eigenvalue weighted by atomic mass is 10.1. The summed E-state index contributed by atoms with van der Waals surface area (Å²) in [6.45, 7) is 2.74. The lowest BCUT2D eigenvalue weighted by molar-refractivity contribution is -0.133. The molecule has 0 radical (unpaired) electrons. The fourth-order valence-electron chi connectivity index (χ4n) is 2.14. The first-order chi connectivity index (χ1) is 9.18. The summed E-state index contributed by atoms with van der Waals surface area (Å²) in [5, 5.41) is 3.80. The molecule has 0 bridgehead atoms. The van der Waals surface area contributed by atoms with Gasteiger partial charge in [-0.25, -0.2) is 0 Å². The second-order valence-electron chi connectivity index (χ2n) is 4.73. The van der Waals surface area contributed by atoms with E-state index in [1.54, 1.807) is 11.0 Å². The molecule has 0 spiro atoms. The molecule has 1 aliphatic heterocycles. The van der Waals surface area contributed by atoms with Crippen molar-refractivity contribution in [2.45, 2.75) is 6.42 Å². The van der Waals surface area contributed by atoms with Crippen molar-refractivity contribution in [2.24, 2.45) is 5.92 Å². The van der Waals surface area contributed by atoms with Gasteiger partial charge < -0.3 is 15.0 Å². The highest BCUT2D eigenvalue weighted by Gasteiger charge is 2.24. The van der Waals surface area contributed by atoms with Gasteiger partial charge in [-0.15, -0.1) is 0 Å². The SMILES string of the molecule is CN(CCOc1ccccc1Cl)C(=O)C1CCNC1. The maximum atomic E-state index is 12.1. The van der Waals surface area contributed by atoms with Crippen molar-refractivity contribution in [2.75, 3.05) is 33.3 Å². The van der Waals surface area contributed by atoms with Gasteiger partial charge >= 0.3 is 0 Å². The van der Waals surface area contributed by atoms with Gasteiger partial charge in [-0.3, -0.25) is 4.79 Å². The minimum absolute atomic E-state index is 0.116. The van der Waals surface area contributed by atoms with Gasteiger partial charge in [-0.2, -0.15) is 0 Å². The van der Waals surface area contributed by atoms with Gasteiger partial charge in [0.2, 0.25) is 5.91 Å². The average Bonchev–Trinajstić information content (AvgIpc) is 2.94. The third-order valence-electron chi connectivity index (χ3n) is 3.31. The quantitative estimate of drug-likeness (QED) is 0.895. The Morgan fingerprint density at radius 2 is 2.32 bits per heavy atom. The van der Waals surface area contributed by atoms with E-state index in [4.69, 9.17) is 16.3 Å².